The van der Waals surface area contributed by atoms with Crippen molar-refractivity contribution in [2.45, 2.75) is 0 Å². The van der Waals surface area contributed by atoms with E-state index in [-0.39, 0.29) is 5.91 Å². The monoisotopic (exact) mass is 257 g/mol. The Balaban J connectivity index is 2.11. The van der Waals surface area contributed by atoms with E-state index in [0.717, 1.165) is 6.08 Å². The summed E-state index contributed by atoms with van der Waals surface area (Å²) >= 11 is 0. The van der Waals surface area contributed by atoms with Gasteiger partial charge in [-0.1, -0.05) is 6.07 Å². The molecule has 2 aromatic rings. The predicted octanol–water partition coefficient (Wildman–Crippen LogP) is 1.76. The number of hydrogen-bond donors (Lipinski definition) is 3. The van der Waals surface area contributed by atoms with Gasteiger partial charge >= 0.3 is 5.97 Å². The minimum Gasteiger partial charge on any atom is -0.478 e. The first-order valence-electron chi connectivity index (χ1n) is 5.48. The summed E-state index contributed by atoms with van der Waals surface area (Å²) in [5.41, 5.74) is 0.875. The molecule has 0 saturated carbocycles. The van der Waals surface area contributed by atoms with Gasteiger partial charge in [-0.3, -0.25) is 4.79 Å². The maximum atomic E-state index is 11.8. The Labute approximate surface area is 108 Å². The molecule has 3 N–H and O–H groups in total. The van der Waals surface area contributed by atoms with E-state index >= 15 is 0 Å². The third-order valence-electron chi connectivity index (χ3n) is 2.25. The number of aromatic amines is 1. The summed E-state index contributed by atoms with van der Waals surface area (Å²) in [6.07, 6.45) is 3.99. The maximum Gasteiger partial charge on any atom is 0.328 e. The standard InChI is InChI=1S/C13H11N3O3/c17-12(18)7-6-9-3-1-5-11(15-9)16-13(19)10-4-2-8-14-10/h1-8,14H,(H,17,18)(H,15,16,19). The largest absolute Gasteiger partial charge is 0.478 e. The second-order valence-corrected chi connectivity index (χ2v) is 3.66. The highest BCUT2D eigenvalue weighted by molar-refractivity contribution is 6.02. The zero-order chi connectivity index (χ0) is 13.7. The number of amides is 1. The number of pyridine rings is 1. The van der Waals surface area contributed by atoms with E-state index in [1.165, 1.54) is 6.08 Å². The average molecular weight is 257 g/mol. The minimum absolute atomic E-state index is 0.308. The lowest BCUT2D eigenvalue weighted by molar-refractivity contribution is -0.131. The molecule has 0 bridgehead atoms. The number of nitrogens with one attached hydrogen (secondary N) is 2. The maximum absolute atomic E-state index is 11.8. The zero-order valence-electron chi connectivity index (χ0n) is 9.83. The molecule has 0 aliphatic carbocycles. The molecule has 0 aliphatic rings. The first-order valence-corrected chi connectivity index (χ1v) is 5.48. The highest BCUT2D eigenvalue weighted by atomic mass is 16.4. The van der Waals surface area contributed by atoms with Gasteiger partial charge < -0.3 is 15.4 Å². The molecule has 2 rings (SSSR count). The smallest absolute Gasteiger partial charge is 0.328 e. The lowest BCUT2D eigenvalue weighted by Gasteiger charge is -2.03. The van der Waals surface area contributed by atoms with Crippen molar-refractivity contribution in [1.29, 1.82) is 0 Å². The van der Waals surface area contributed by atoms with Gasteiger partial charge in [0.05, 0.1) is 5.69 Å². The molecular formula is C13H11N3O3. The molecule has 0 atom stereocenters. The first kappa shape index (κ1) is 12.6. The van der Waals surface area contributed by atoms with Crippen LogP contribution < -0.4 is 5.32 Å². The summed E-state index contributed by atoms with van der Waals surface area (Å²) < 4.78 is 0. The number of carboxylic acids is 1. The molecule has 6 nitrogen and oxygen atoms in total. The van der Waals surface area contributed by atoms with Gasteiger partial charge in [0.25, 0.3) is 5.91 Å². The number of carbonyl (C=O) groups excluding carboxylic acids is 1. The zero-order valence-corrected chi connectivity index (χ0v) is 9.83. The Morgan fingerprint density at radius 2 is 2.11 bits per heavy atom. The van der Waals surface area contributed by atoms with Gasteiger partial charge in [-0.25, -0.2) is 9.78 Å². The fraction of sp³-hybridized carbons (Fsp3) is 0. The molecule has 0 fully saturated rings. The van der Waals surface area contributed by atoms with Crippen molar-refractivity contribution in [1.82, 2.24) is 9.97 Å². The predicted molar refractivity (Wildman–Crippen MR) is 69.7 cm³/mol. The molecule has 96 valence electrons. The van der Waals surface area contributed by atoms with Gasteiger partial charge in [-0.2, -0.15) is 0 Å². The number of anilines is 1. The number of aliphatic carboxylic acids is 1. The Bertz CT molecular complexity index is 618. The first-order chi connectivity index (χ1) is 9.15. The summed E-state index contributed by atoms with van der Waals surface area (Å²) in [6.45, 7) is 0. The van der Waals surface area contributed by atoms with E-state index in [4.69, 9.17) is 5.11 Å². The van der Waals surface area contributed by atoms with Crippen LogP contribution in [0.2, 0.25) is 0 Å². The van der Waals surface area contributed by atoms with Crippen LogP contribution in [0.15, 0.2) is 42.6 Å². The van der Waals surface area contributed by atoms with Crippen molar-refractivity contribution in [2.24, 2.45) is 0 Å². The topological polar surface area (TPSA) is 95.1 Å². The number of nitrogens with zero attached hydrogens (tertiary/aromatic N) is 1. The Kier molecular flexibility index (Phi) is 3.72. The van der Waals surface area contributed by atoms with Gasteiger partial charge in [-0.15, -0.1) is 0 Å². The van der Waals surface area contributed by atoms with E-state index < -0.39 is 5.97 Å². The molecule has 0 spiro atoms. The van der Waals surface area contributed by atoms with Crippen molar-refractivity contribution in [2.75, 3.05) is 5.32 Å². The van der Waals surface area contributed by atoms with E-state index in [0.29, 0.717) is 17.2 Å². The fourth-order valence-corrected chi connectivity index (χ4v) is 1.43. The molecular weight excluding hydrogens is 246 g/mol. The van der Waals surface area contributed by atoms with Gasteiger partial charge in [0.15, 0.2) is 0 Å². The van der Waals surface area contributed by atoms with Crippen molar-refractivity contribution < 1.29 is 14.7 Å². The van der Waals surface area contributed by atoms with E-state index in [1.54, 1.807) is 36.5 Å². The van der Waals surface area contributed by atoms with Crippen LogP contribution in [-0.4, -0.2) is 27.0 Å². The summed E-state index contributed by atoms with van der Waals surface area (Å²) in [4.78, 5) is 29.0. The van der Waals surface area contributed by atoms with E-state index in [9.17, 15) is 9.59 Å². The summed E-state index contributed by atoms with van der Waals surface area (Å²) in [6, 6.07) is 8.30. The van der Waals surface area contributed by atoms with Crippen molar-refractivity contribution >= 4 is 23.8 Å². The van der Waals surface area contributed by atoms with Crippen molar-refractivity contribution in [3.05, 3.63) is 54.0 Å². The lowest BCUT2D eigenvalue weighted by atomic mass is 10.3. The third kappa shape index (κ3) is 3.53. The van der Waals surface area contributed by atoms with Crippen LogP contribution in [0.4, 0.5) is 5.82 Å². The SMILES string of the molecule is O=C(O)C=Cc1cccc(NC(=O)c2ccc[nH]2)n1. The number of hydrogen-bond acceptors (Lipinski definition) is 3. The summed E-state index contributed by atoms with van der Waals surface area (Å²) in [5, 5.41) is 11.1. The third-order valence-corrected chi connectivity index (χ3v) is 2.25. The summed E-state index contributed by atoms with van der Waals surface area (Å²) in [7, 11) is 0. The van der Waals surface area contributed by atoms with Crippen LogP contribution in [-0.2, 0) is 4.79 Å². The molecule has 2 heterocycles. The molecule has 0 saturated heterocycles. The van der Waals surface area contributed by atoms with Crippen molar-refractivity contribution in [3.8, 4) is 0 Å². The number of rotatable bonds is 4. The van der Waals surface area contributed by atoms with Gasteiger partial charge in [0.2, 0.25) is 0 Å². The van der Waals surface area contributed by atoms with Crippen LogP contribution in [0.3, 0.4) is 0 Å². The van der Waals surface area contributed by atoms with Crippen LogP contribution in [0, 0.1) is 0 Å². The van der Waals surface area contributed by atoms with Crippen LogP contribution in [0.1, 0.15) is 16.2 Å². The molecule has 1 amide bonds. The molecule has 2 aromatic heterocycles. The lowest BCUT2D eigenvalue weighted by Crippen LogP contribution is -2.13. The summed E-state index contributed by atoms with van der Waals surface area (Å²) in [5.74, 6) is -1.01. The fourth-order valence-electron chi connectivity index (χ4n) is 1.43. The number of carbonyl (C=O) groups is 2. The molecule has 0 unspecified atom stereocenters. The van der Waals surface area contributed by atoms with Crippen molar-refractivity contribution in [3.63, 3.8) is 0 Å². The normalized spacial score (nSPS) is 10.5. The highest BCUT2D eigenvalue weighted by Gasteiger charge is 2.06. The van der Waals surface area contributed by atoms with Crippen LogP contribution in [0.5, 0.6) is 0 Å². The minimum atomic E-state index is -1.05. The highest BCUT2D eigenvalue weighted by Crippen LogP contribution is 2.08. The van der Waals surface area contributed by atoms with Gasteiger partial charge in [0, 0.05) is 12.3 Å². The number of H-pyrrole nitrogens is 1. The average Bonchev–Trinajstić information content (AvgIpc) is 2.91. The second-order valence-electron chi connectivity index (χ2n) is 3.66. The Morgan fingerprint density at radius 1 is 1.26 bits per heavy atom. The van der Waals surface area contributed by atoms with E-state index in [1.807, 2.05) is 0 Å². The molecule has 0 aromatic carbocycles. The molecule has 19 heavy (non-hydrogen) atoms. The Hall–Kier alpha value is -2.89. The molecule has 0 aliphatic heterocycles. The van der Waals surface area contributed by atoms with Gasteiger partial charge in [-0.05, 0) is 30.3 Å². The Morgan fingerprint density at radius 3 is 2.79 bits per heavy atom. The second kappa shape index (κ2) is 5.63. The quantitative estimate of drug-likeness (QED) is 0.727. The van der Waals surface area contributed by atoms with Gasteiger partial charge in [0.1, 0.15) is 11.5 Å². The number of carboxylic acid groups (broad SMARTS) is 1. The number of aromatic nitrogens is 2. The van der Waals surface area contributed by atoms with Crippen LogP contribution in [0.25, 0.3) is 6.08 Å². The van der Waals surface area contributed by atoms with Crippen LogP contribution >= 0.6 is 0 Å². The molecule has 6 heteroatoms. The van der Waals surface area contributed by atoms with E-state index in [2.05, 4.69) is 15.3 Å². The molecule has 0 radical (unpaired) electrons.